The van der Waals surface area contributed by atoms with Gasteiger partial charge in [0.05, 0.1) is 0 Å². The third kappa shape index (κ3) is 1.67. The van der Waals surface area contributed by atoms with Crippen LogP contribution in [-0.4, -0.2) is 19.0 Å². The number of aldehydes is 1. The summed E-state index contributed by atoms with van der Waals surface area (Å²) in [6.45, 7) is 0. The molecule has 0 saturated heterocycles. The van der Waals surface area contributed by atoms with Crippen LogP contribution in [0.4, 0.5) is 4.39 Å². The van der Waals surface area contributed by atoms with E-state index in [1.807, 2.05) is 6.07 Å². The topological polar surface area (TPSA) is 26.3 Å². The van der Waals surface area contributed by atoms with Crippen LogP contribution in [0, 0.1) is 5.82 Å². The van der Waals surface area contributed by atoms with Gasteiger partial charge in [0.1, 0.15) is 11.4 Å². The zero-order valence-electron chi connectivity index (χ0n) is 8.63. The molecular formula is C12H13FO2. The molecule has 0 spiro atoms. The second-order valence-corrected chi connectivity index (χ2v) is 3.94. The number of methoxy groups -OCH3 is 1. The van der Waals surface area contributed by atoms with E-state index < -0.39 is 5.60 Å². The summed E-state index contributed by atoms with van der Waals surface area (Å²) >= 11 is 0. The maximum Gasteiger partial charge on any atom is 0.152 e. The zero-order valence-corrected chi connectivity index (χ0v) is 8.63. The van der Waals surface area contributed by atoms with E-state index in [4.69, 9.17) is 4.74 Å². The predicted octanol–water partition coefficient (Wildman–Crippen LogP) is 1.90. The first-order valence-electron chi connectivity index (χ1n) is 4.98. The molecule has 0 aliphatic heterocycles. The first-order valence-corrected chi connectivity index (χ1v) is 4.98. The van der Waals surface area contributed by atoms with Crippen LogP contribution < -0.4 is 0 Å². The summed E-state index contributed by atoms with van der Waals surface area (Å²) in [5.41, 5.74) is 0.789. The highest BCUT2D eigenvalue weighted by Gasteiger charge is 2.35. The van der Waals surface area contributed by atoms with Crippen molar-refractivity contribution < 1.29 is 13.9 Å². The summed E-state index contributed by atoms with van der Waals surface area (Å²) in [5.74, 6) is -0.240. The molecule has 80 valence electrons. The van der Waals surface area contributed by atoms with Crippen molar-refractivity contribution in [3.05, 3.63) is 35.1 Å². The van der Waals surface area contributed by atoms with Gasteiger partial charge >= 0.3 is 0 Å². The number of benzene rings is 1. The van der Waals surface area contributed by atoms with E-state index in [0.717, 1.165) is 11.8 Å². The number of rotatable bonds is 2. The van der Waals surface area contributed by atoms with Gasteiger partial charge in [0.25, 0.3) is 0 Å². The molecule has 0 saturated carbocycles. The lowest BCUT2D eigenvalue weighted by Crippen LogP contribution is -2.40. The summed E-state index contributed by atoms with van der Waals surface area (Å²) in [5, 5.41) is 0. The highest BCUT2D eigenvalue weighted by Crippen LogP contribution is 2.31. The maximum absolute atomic E-state index is 13.5. The molecule has 0 aromatic heterocycles. The lowest BCUT2D eigenvalue weighted by molar-refractivity contribution is -0.128. The van der Waals surface area contributed by atoms with Crippen LogP contribution in [0.15, 0.2) is 18.2 Å². The van der Waals surface area contributed by atoms with Crippen LogP contribution >= 0.6 is 0 Å². The molecule has 0 radical (unpaired) electrons. The molecule has 0 amide bonds. The molecule has 1 aliphatic rings. The minimum atomic E-state index is -0.824. The Morgan fingerprint density at radius 3 is 3.00 bits per heavy atom. The average Bonchev–Trinajstić information content (AvgIpc) is 2.29. The summed E-state index contributed by atoms with van der Waals surface area (Å²) in [6.07, 6.45) is 2.46. The Morgan fingerprint density at radius 1 is 1.53 bits per heavy atom. The van der Waals surface area contributed by atoms with E-state index in [1.54, 1.807) is 6.07 Å². The molecule has 1 unspecified atom stereocenters. The van der Waals surface area contributed by atoms with Crippen molar-refractivity contribution in [3.63, 3.8) is 0 Å². The quantitative estimate of drug-likeness (QED) is 0.694. The molecule has 0 N–H and O–H groups in total. The molecule has 2 nitrogen and oxygen atoms in total. The Hall–Kier alpha value is -1.22. The molecule has 15 heavy (non-hydrogen) atoms. The Morgan fingerprint density at radius 2 is 2.33 bits per heavy atom. The van der Waals surface area contributed by atoms with Gasteiger partial charge in [-0.15, -0.1) is 0 Å². The van der Waals surface area contributed by atoms with E-state index >= 15 is 0 Å². The normalized spacial score (nSPS) is 24.7. The lowest BCUT2D eigenvalue weighted by atomic mass is 9.81. The fourth-order valence-electron chi connectivity index (χ4n) is 2.09. The maximum atomic E-state index is 13.5. The van der Waals surface area contributed by atoms with Crippen molar-refractivity contribution in [1.82, 2.24) is 0 Å². The standard InChI is InChI=1S/C12H13FO2/c1-15-12(8-14)6-5-9-3-2-4-11(13)10(9)7-12/h2-4,8H,5-7H2,1H3. The van der Waals surface area contributed by atoms with Gasteiger partial charge in [0.2, 0.25) is 0 Å². The number of hydrogen-bond acceptors (Lipinski definition) is 2. The first kappa shape index (κ1) is 10.3. The van der Waals surface area contributed by atoms with Crippen molar-refractivity contribution in [1.29, 1.82) is 0 Å². The third-order valence-corrected chi connectivity index (χ3v) is 3.13. The molecule has 0 fully saturated rings. The fourth-order valence-corrected chi connectivity index (χ4v) is 2.09. The van der Waals surface area contributed by atoms with E-state index in [9.17, 15) is 9.18 Å². The highest BCUT2D eigenvalue weighted by atomic mass is 19.1. The van der Waals surface area contributed by atoms with Crippen molar-refractivity contribution in [2.24, 2.45) is 0 Å². The number of carbonyl (C=O) groups is 1. The minimum absolute atomic E-state index is 0.240. The molecule has 2 rings (SSSR count). The van der Waals surface area contributed by atoms with Gasteiger partial charge in [0, 0.05) is 13.5 Å². The summed E-state index contributed by atoms with van der Waals surface area (Å²) < 4.78 is 18.7. The molecule has 0 bridgehead atoms. The second kappa shape index (κ2) is 3.74. The summed E-state index contributed by atoms with van der Waals surface area (Å²) in [4.78, 5) is 11.0. The van der Waals surface area contributed by atoms with Crippen LogP contribution in [-0.2, 0) is 22.4 Å². The van der Waals surface area contributed by atoms with Gasteiger partial charge in [-0.05, 0) is 30.0 Å². The van der Waals surface area contributed by atoms with E-state index in [1.165, 1.54) is 13.2 Å². The average molecular weight is 208 g/mol. The van der Waals surface area contributed by atoms with Crippen LogP contribution in [0.5, 0.6) is 0 Å². The summed E-state index contributed by atoms with van der Waals surface area (Å²) in [6, 6.07) is 5.03. The van der Waals surface area contributed by atoms with Crippen molar-refractivity contribution >= 4 is 6.29 Å². The second-order valence-electron chi connectivity index (χ2n) is 3.94. The molecule has 3 heteroatoms. The monoisotopic (exact) mass is 208 g/mol. The Kier molecular flexibility index (Phi) is 2.57. The molecule has 1 aromatic rings. The summed E-state index contributed by atoms with van der Waals surface area (Å²) in [7, 11) is 1.50. The first-order chi connectivity index (χ1) is 7.21. The predicted molar refractivity (Wildman–Crippen MR) is 54.2 cm³/mol. The molecule has 1 aliphatic carbocycles. The van der Waals surface area contributed by atoms with Crippen molar-refractivity contribution in [3.8, 4) is 0 Å². The molecular weight excluding hydrogens is 195 g/mol. The van der Waals surface area contributed by atoms with E-state index in [0.29, 0.717) is 24.8 Å². The van der Waals surface area contributed by atoms with Crippen LogP contribution in [0.3, 0.4) is 0 Å². The number of halogens is 1. The zero-order chi connectivity index (χ0) is 10.9. The van der Waals surface area contributed by atoms with Crippen LogP contribution in [0.25, 0.3) is 0 Å². The third-order valence-electron chi connectivity index (χ3n) is 3.13. The largest absolute Gasteiger partial charge is 0.370 e. The van der Waals surface area contributed by atoms with Gasteiger partial charge < -0.3 is 9.53 Å². The Labute approximate surface area is 88.1 Å². The van der Waals surface area contributed by atoms with Crippen LogP contribution in [0.1, 0.15) is 17.5 Å². The highest BCUT2D eigenvalue weighted by molar-refractivity contribution is 5.64. The number of fused-ring (bicyclic) bond motifs is 1. The minimum Gasteiger partial charge on any atom is -0.370 e. The molecule has 0 heterocycles. The fraction of sp³-hybridized carbons (Fsp3) is 0.417. The van der Waals surface area contributed by atoms with Crippen molar-refractivity contribution in [2.45, 2.75) is 24.9 Å². The number of ether oxygens (including phenoxy) is 1. The van der Waals surface area contributed by atoms with Gasteiger partial charge in [-0.3, -0.25) is 0 Å². The van der Waals surface area contributed by atoms with Gasteiger partial charge in [0.15, 0.2) is 6.29 Å². The van der Waals surface area contributed by atoms with Crippen molar-refractivity contribution in [2.75, 3.05) is 7.11 Å². The van der Waals surface area contributed by atoms with Gasteiger partial charge in [-0.2, -0.15) is 0 Å². The number of hydrogen-bond donors (Lipinski definition) is 0. The smallest absolute Gasteiger partial charge is 0.152 e. The van der Waals surface area contributed by atoms with Gasteiger partial charge in [-0.25, -0.2) is 4.39 Å². The molecule has 1 aromatic carbocycles. The van der Waals surface area contributed by atoms with E-state index in [2.05, 4.69) is 0 Å². The SMILES string of the molecule is COC1(C=O)CCc2cccc(F)c2C1. The Balaban J connectivity index is 2.40. The number of aryl methyl sites for hydroxylation is 1. The number of carbonyl (C=O) groups excluding carboxylic acids is 1. The van der Waals surface area contributed by atoms with Gasteiger partial charge in [-0.1, -0.05) is 12.1 Å². The van der Waals surface area contributed by atoms with E-state index in [-0.39, 0.29) is 5.82 Å². The Bertz CT molecular complexity index is 389. The molecule has 1 atom stereocenters. The lowest BCUT2D eigenvalue weighted by Gasteiger charge is -2.32. The van der Waals surface area contributed by atoms with Crippen LogP contribution in [0.2, 0.25) is 0 Å².